The monoisotopic (exact) mass is 212 g/mol. The van der Waals surface area contributed by atoms with Gasteiger partial charge in [0.05, 0.1) is 13.7 Å². The van der Waals surface area contributed by atoms with Gasteiger partial charge < -0.3 is 14.9 Å². The molecule has 1 heterocycles. The van der Waals surface area contributed by atoms with Crippen LogP contribution in [-0.4, -0.2) is 38.1 Å². The molecule has 0 fully saturated rings. The zero-order chi connectivity index (χ0) is 11.3. The van der Waals surface area contributed by atoms with Crippen LogP contribution in [0.5, 0.6) is 0 Å². The Morgan fingerprint density at radius 2 is 2.33 bits per heavy atom. The van der Waals surface area contributed by atoms with Gasteiger partial charge in [-0.25, -0.2) is 4.79 Å². The van der Waals surface area contributed by atoms with Crippen molar-refractivity contribution in [2.75, 3.05) is 27.2 Å². The third-order valence-corrected chi connectivity index (χ3v) is 1.98. The Bertz CT molecular complexity index is 322. The van der Waals surface area contributed by atoms with Crippen molar-refractivity contribution in [3.63, 3.8) is 0 Å². The summed E-state index contributed by atoms with van der Waals surface area (Å²) < 4.78 is 9.83. The molecule has 0 aliphatic rings. The highest BCUT2D eigenvalue weighted by atomic mass is 16.5. The summed E-state index contributed by atoms with van der Waals surface area (Å²) in [5, 5.41) is 0. The van der Waals surface area contributed by atoms with E-state index < -0.39 is 5.97 Å². The summed E-state index contributed by atoms with van der Waals surface area (Å²) in [5.74, 6) is 0.503. The average molecular weight is 212 g/mol. The summed E-state index contributed by atoms with van der Waals surface area (Å²) in [6.07, 6.45) is 0. The fourth-order valence-electron chi connectivity index (χ4n) is 1.24. The van der Waals surface area contributed by atoms with Crippen LogP contribution in [0.4, 0.5) is 0 Å². The number of methoxy groups -OCH3 is 1. The number of furan rings is 1. The Kier molecular flexibility index (Phi) is 4.33. The first-order valence-corrected chi connectivity index (χ1v) is 4.73. The molecule has 0 radical (unpaired) electrons. The lowest BCUT2D eigenvalue weighted by molar-refractivity contribution is 0.0561. The summed E-state index contributed by atoms with van der Waals surface area (Å²) in [7, 11) is 3.26. The van der Waals surface area contributed by atoms with Crippen molar-refractivity contribution in [3.05, 3.63) is 23.7 Å². The molecule has 0 aliphatic carbocycles. The zero-order valence-corrected chi connectivity index (χ0v) is 9.03. The molecule has 0 unspecified atom stereocenters. The second-order valence-corrected chi connectivity index (χ2v) is 3.28. The molecular formula is C10H16N2O3. The number of hydrogen-bond acceptors (Lipinski definition) is 5. The van der Waals surface area contributed by atoms with E-state index in [0.717, 1.165) is 12.3 Å². The van der Waals surface area contributed by atoms with Crippen LogP contribution in [0.25, 0.3) is 0 Å². The number of carbonyl (C=O) groups is 1. The van der Waals surface area contributed by atoms with Gasteiger partial charge in [0.1, 0.15) is 5.76 Å². The van der Waals surface area contributed by atoms with Gasteiger partial charge in [-0.1, -0.05) is 0 Å². The first kappa shape index (κ1) is 11.7. The average Bonchev–Trinajstić information content (AvgIpc) is 2.65. The van der Waals surface area contributed by atoms with E-state index in [9.17, 15) is 4.79 Å². The minimum absolute atomic E-state index is 0.230. The van der Waals surface area contributed by atoms with Crippen LogP contribution in [0.3, 0.4) is 0 Å². The highest BCUT2D eigenvalue weighted by Gasteiger charge is 2.11. The van der Waals surface area contributed by atoms with E-state index >= 15 is 0 Å². The Labute approximate surface area is 88.8 Å². The van der Waals surface area contributed by atoms with Crippen LogP contribution in [0.15, 0.2) is 16.5 Å². The van der Waals surface area contributed by atoms with Gasteiger partial charge in [0.15, 0.2) is 0 Å². The van der Waals surface area contributed by atoms with Crippen molar-refractivity contribution in [1.82, 2.24) is 4.90 Å². The summed E-state index contributed by atoms with van der Waals surface area (Å²) >= 11 is 0. The van der Waals surface area contributed by atoms with E-state index in [4.69, 9.17) is 10.2 Å². The second kappa shape index (κ2) is 5.53. The molecule has 0 atom stereocenters. The molecule has 1 rings (SSSR count). The predicted molar refractivity (Wildman–Crippen MR) is 55.4 cm³/mol. The zero-order valence-electron chi connectivity index (χ0n) is 9.03. The Morgan fingerprint density at radius 3 is 2.93 bits per heavy atom. The highest BCUT2D eigenvalue weighted by molar-refractivity contribution is 5.86. The molecule has 0 saturated carbocycles. The van der Waals surface area contributed by atoms with Crippen LogP contribution >= 0.6 is 0 Å². The Morgan fingerprint density at radius 1 is 1.60 bits per heavy atom. The van der Waals surface area contributed by atoms with Gasteiger partial charge in [0.25, 0.3) is 0 Å². The minimum atomic E-state index is -0.456. The number of hydrogen-bond donors (Lipinski definition) is 1. The first-order chi connectivity index (χ1) is 7.17. The van der Waals surface area contributed by atoms with Gasteiger partial charge in [0, 0.05) is 13.1 Å². The summed E-state index contributed by atoms with van der Waals surface area (Å²) in [6.45, 7) is 2.02. The number of rotatable bonds is 5. The molecule has 0 amide bonds. The van der Waals surface area contributed by atoms with Crippen molar-refractivity contribution in [2.45, 2.75) is 6.54 Å². The normalized spacial score (nSPS) is 10.7. The minimum Gasteiger partial charge on any atom is -0.463 e. The summed E-state index contributed by atoms with van der Waals surface area (Å²) in [6, 6.07) is 3.37. The highest BCUT2D eigenvalue weighted by Crippen LogP contribution is 2.10. The van der Waals surface area contributed by atoms with E-state index in [1.54, 1.807) is 12.1 Å². The molecule has 0 bridgehead atoms. The van der Waals surface area contributed by atoms with Gasteiger partial charge in [-0.15, -0.1) is 0 Å². The largest absolute Gasteiger partial charge is 0.463 e. The number of likely N-dealkylation sites (N-methyl/N-ethyl adjacent to an activating group) is 1. The summed E-state index contributed by atoms with van der Waals surface area (Å²) in [4.78, 5) is 13.1. The maximum absolute atomic E-state index is 11.1. The van der Waals surface area contributed by atoms with Crippen molar-refractivity contribution >= 4 is 5.97 Å². The molecule has 84 valence electrons. The molecule has 1 aromatic rings. The number of ether oxygens (including phenoxy) is 1. The molecule has 5 heteroatoms. The van der Waals surface area contributed by atoms with E-state index in [1.807, 2.05) is 11.9 Å². The maximum Gasteiger partial charge on any atom is 0.373 e. The Balaban J connectivity index is 2.56. The second-order valence-electron chi connectivity index (χ2n) is 3.28. The molecular weight excluding hydrogens is 196 g/mol. The van der Waals surface area contributed by atoms with Crippen LogP contribution in [-0.2, 0) is 11.3 Å². The third kappa shape index (κ3) is 3.38. The first-order valence-electron chi connectivity index (χ1n) is 4.73. The maximum atomic E-state index is 11.1. The molecule has 2 N–H and O–H groups in total. The van der Waals surface area contributed by atoms with E-state index in [-0.39, 0.29) is 5.76 Å². The third-order valence-electron chi connectivity index (χ3n) is 1.98. The standard InChI is InChI=1S/C10H16N2O3/c1-12(6-5-11)7-8-3-4-9(15-8)10(13)14-2/h3-4H,5-7,11H2,1-2H3. The lowest BCUT2D eigenvalue weighted by atomic mass is 10.4. The Hall–Kier alpha value is -1.33. The molecule has 15 heavy (non-hydrogen) atoms. The van der Waals surface area contributed by atoms with E-state index in [2.05, 4.69) is 4.74 Å². The number of nitrogens with zero attached hydrogens (tertiary/aromatic N) is 1. The fourth-order valence-corrected chi connectivity index (χ4v) is 1.24. The topological polar surface area (TPSA) is 68.7 Å². The fraction of sp³-hybridized carbons (Fsp3) is 0.500. The van der Waals surface area contributed by atoms with Gasteiger partial charge in [-0.2, -0.15) is 0 Å². The van der Waals surface area contributed by atoms with Crippen LogP contribution in [0.2, 0.25) is 0 Å². The van der Waals surface area contributed by atoms with E-state index in [1.165, 1.54) is 7.11 Å². The smallest absolute Gasteiger partial charge is 0.373 e. The van der Waals surface area contributed by atoms with Crippen molar-refractivity contribution in [2.24, 2.45) is 5.73 Å². The SMILES string of the molecule is COC(=O)c1ccc(CN(C)CCN)o1. The van der Waals surface area contributed by atoms with Crippen molar-refractivity contribution < 1.29 is 13.9 Å². The van der Waals surface area contributed by atoms with Crippen LogP contribution in [0.1, 0.15) is 16.3 Å². The molecule has 0 saturated heterocycles. The molecule has 0 spiro atoms. The van der Waals surface area contributed by atoms with Crippen molar-refractivity contribution in [3.8, 4) is 0 Å². The predicted octanol–water partition coefficient (Wildman–Crippen LogP) is 0.457. The van der Waals surface area contributed by atoms with Gasteiger partial charge in [-0.05, 0) is 19.2 Å². The van der Waals surface area contributed by atoms with Gasteiger partial charge >= 0.3 is 5.97 Å². The van der Waals surface area contributed by atoms with Gasteiger partial charge in [-0.3, -0.25) is 4.90 Å². The lowest BCUT2D eigenvalue weighted by Gasteiger charge is -2.12. The molecule has 0 aromatic carbocycles. The van der Waals surface area contributed by atoms with Crippen LogP contribution in [0, 0.1) is 0 Å². The number of carbonyl (C=O) groups excluding carboxylic acids is 1. The van der Waals surface area contributed by atoms with Crippen LogP contribution < -0.4 is 5.73 Å². The number of esters is 1. The number of nitrogens with two attached hydrogens (primary N) is 1. The molecule has 1 aromatic heterocycles. The van der Waals surface area contributed by atoms with E-state index in [0.29, 0.717) is 13.1 Å². The quantitative estimate of drug-likeness (QED) is 0.718. The van der Waals surface area contributed by atoms with Crippen molar-refractivity contribution in [1.29, 1.82) is 0 Å². The van der Waals surface area contributed by atoms with Gasteiger partial charge in [0.2, 0.25) is 5.76 Å². The summed E-state index contributed by atoms with van der Waals surface area (Å²) in [5.41, 5.74) is 5.41. The lowest BCUT2D eigenvalue weighted by Crippen LogP contribution is -2.24. The molecule has 0 aliphatic heterocycles. The molecule has 5 nitrogen and oxygen atoms in total.